The summed E-state index contributed by atoms with van der Waals surface area (Å²) < 4.78 is 5.24. The van der Waals surface area contributed by atoms with Crippen LogP contribution >= 0.6 is 0 Å². The monoisotopic (exact) mass is 308 g/mol. The summed E-state index contributed by atoms with van der Waals surface area (Å²) >= 11 is 0. The largest absolute Gasteiger partial charge is 0.359 e. The molecule has 1 fully saturated rings. The van der Waals surface area contributed by atoms with Crippen molar-refractivity contribution in [2.45, 2.75) is 51.6 Å². The Morgan fingerprint density at radius 1 is 1.50 bits per heavy atom. The van der Waals surface area contributed by atoms with Crippen LogP contribution in [0.1, 0.15) is 50.5 Å². The van der Waals surface area contributed by atoms with Gasteiger partial charge in [0.25, 0.3) is 0 Å². The van der Waals surface area contributed by atoms with Crippen LogP contribution in [-0.4, -0.2) is 41.6 Å². The first-order valence-corrected chi connectivity index (χ1v) is 7.80. The second-order valence-corrected chi connectivity index (χ2v) is 5.66. The van der Waals surface area contributed by atoms with Crippen molar-refractivity contribution in [2.75, 3.05) is 13.6 Å². The molecule has 1 aliphatic heterocycles. The van der Waals surface area contributed by atoms with E-state index in [9.17, 15) is 9.59 Å². The first-order chi connectivity index (χ1) is 10.5. The van der Waals surface area contributed by atoms with Gasteiger partial charge in [0.1, 0.15) is 6.04 Å². The molecule has 3 amide bonds. The zero-order chi connectivity index (χ0) is 16.1. The molecular weight excluding hydrogens is 284 g/mol. The number of urea groups is 1. The molecule has 0 saturated carbocycles. The number of aromatic nitrogens is 1. The lowest BCUT2D eigenvalue weighted by molar-refractivity contribution is -0.128. The van der Waals surface area contributed by atoms with Gasteiger partial charge in [-0.25, -0.2) is 4.79 Å². The maximum Gasteiger partial charge on any atom is 0.315 e. The highest BCUT2D eigenvalue weighted by Crippen LogP contribution is 2.22. The molecule has 1 aromatic rings. The number of likely N-dealkylation sites (tertiary alicyclic amines) is 1. The highest BCUT2D eigenvalue weighted by molar-refractivity contribution is 5.88. The molecule has 2 rings (SSSR count). The van der Waals surface area contributed by atoms with Crippen molar-refractivity contribution in [3.63, 3.8) is 0 Å². The van der Waals surface area contributed by atoms with Crippen LogP contribution in [-0.2, 0) is 11.3 Å². The van der Waals surface area contributed by atoms with Crippen molar-refractivity contribution >= 4 is 11.9 Å². The predicted molar refractivity (Wildman–Crippen MR) is 81.2 cm³/mol. The molecule has 7 heteroatoms. The van der Waals surface area contributed by atoms with E-state index in [4.69, 9.17) is 4.52 Å². The first kappa shape index (κ1) is 16.3. The summed E-state index contributed by atoms with van der Waals surface area (Å²) in [5.74, 6) is 0.954. The molecule has 2 N–H and O–H groups in total. The number of likely N-dealkylation sites (N-methyl/N-ethyl adjacent to an activating group) is 1. The van der Waals surface area contributed by atoms with Gasteiger partial charge in [0, 0.05) is 25.6 Å². The minimum atomic E-state index is -0.431. The number of hydrogen-bond acceptors (Lipinski definition) is 4. The maximum absolute atomic E-state index is 11.8. The van der Waals surface area contributed by atoms with Gasteiger partial charge in [0.15, 0.2) is 5.76 Å². The van der Waals surface area contributed by atoms with Gasteiger partial charge in [-0.05, 0) is 19.3 Å². The molecule has 0 unspecified atom stereocenters. The average molecular weight is 308 g/mol. The summed E-state index contributed by atoms with van der Waals surface area (Å²) in [7, 11) is 1.73. The Balaban J connectivity index is 1.80. The minimum Gasteiger partial charge on any atom is -0.359 e. The molecule has 1 aliphatic rings. The smallest absolute Gasteiger partial charge is 0.315 e. The molecule has 0 spiro atoms. The van der Waals surface area contributed by atoms with E-state index in [1.807, 2.05) is 6.07 Å². The van der Waals surface area contributed by atoms with E-state index >= 15 is 0 Å². The van der Waals surface area contributed by atoms with Gasteiger partial charge in [-0.1, -0.05) is 19.0 Å². The number of nitrogens with zero attached hydrogens (tertiary/aromatic N) is 2. The Morgan fingerprint density at radius 2 is 2.23 bits per heavy atom. The van der Waals surface area contributed by atoms with Crippen LogP contribution in [0.3, 0.4) is 0 Å². The normalized spacial score (nSPS) is 18.1. The number of hydrogen-bond donors (Lipinski definition) is 2. The Labute approximate surface area is 130 Å². The van der Waals surface area contributed by atoms with Gasteiger partial charge in [0.2, 0.25) is 5.91 Å². The molecule has 22 heavy (non-hydrogen) atoms. The van der Waals surface area contributed by atoms with E-state index in [1.54, 1.807) is 11.9 Å². The lowest BCUT2D eigenvalue weighted by Crippen LogP contribution is -2.45. The topological polar surface area (TPSA) is 87.5 Å². The van der Waals surface area contributed by atoms with Gasteiger partial charge in [0.05, 0.1) is 12.2 Å². The average Bonchev–Trinajstić information content (AvgIpc) is 3.09. The second kappa shape index (κ2) is 7.29. The van der Waals surface area contributed by atoms with E-state index in [1.165, 1.54) is 0 Å². The fourth-order valence-electron chi connectivity index (χ4n) is 2.64. The maximum atomic E-state index is 11.8. The molecule has 0 aliphatic carbocycles. The number of nitrogens with one attached hydrogen (secondary N) is 2. The van der Waals surface area contributed by atoms with Crippen molar-refractivity contribution in [1.82, 2.24) is 20.7 Å². The standard InChI is InChI=1S/C15H24N4O3/c1-4-10(5-2)13-8-11(22-18-13)9-16-15(21)17-12-6-7-19(3)14(12)20/h8,10,12H,4-7,9H2,1-3H3,(H2,16,17,21)/t12-/m0/s1. The van der Waals surface area contributed by atoms with Gasteiger partial charge in [-0.3, -0.25) is 4.79 Å². The van der Waals surface area contributed by atoms with Crippen molar-refractivity contribution in [1.29, 1.82) is 0 Å². The van der Waals surface area contributed by atoms with E-state index in [0.717, 1.165) is 18.5 Å². The molecule has 1 saturated heterocycles. The van der Waals surface area contributed by atoms with Crippen molar-refractivity contribution in [3.8, 4) is 0 Å². The summed E-state index contributed by atoms with van der Waals surface area (Å²) in [5.41, 5.74) is 0.926. The SMILES string of the molecule is CCC(CC)c1cc(CNC(=O)N[C@H]2CCN(C)C2=O)on1. The summed E-state index contributed by atoms with van der Waals surface area (Å²) in [4.78, 5) is 25.2. The highest BCUT2D eigenvalue weighted by atomic mass is 16.5. The van der Waals surface area contributed by atoms with Gasteiger partial charge >= 0.3 is 6.03 Å². The molecule has 1 atom stereocenters. The van der Waals surface area contributed by atoms with Crippen LogP contribution in [0.5, 0.6) is 0 Å². The van der Waals surface area contributed by atoms with Crippen molar-refractivity contribution in [3.05, 3.63) is 17.5 Å². The van der Waals surface area contributed by atoms with Gasteiger partial charge < -0.3 is 20.1 Å². The highest BCUT2D eigenvalue weighted by Gasteiger charge is 2.30. The van der Waals surface area contributed by atoms with Crippen molar-refractivity contribution < 1.29 is 14.1 Å². The molecule has 0 bridgehead atoms. The van der Waals surface area contributed by atoms with E-state index in [2.05, 4.69) is 29.6 Å². The Morgan fingerprint density at radius 3 is 2.82 bits per heavy atom. The number of rotatable bonds is 6. The number of amides is 3. The predicted octanol–water partition coefficient (Wildman–Crippen LogP) is 1.61. The molecule has 7 nitrogen and oxygen atoms in total. The van der Waals surface area contributed by atoms with E-state index in [0.29, 0.717) is 24.6 Å². The molecule has 0 radical (unpaired) electrons. The van der Waals surface area contributed by atoms with Gasteiger partial charge in [-0.15, -0.1) is 0 Å². The lowest BCUT2D eigenvalue weighted by atomic mass is 9.99. The number of carbonyl (C=O) groups is 2. The summed E-state index contributed by atoms with van der Waals surface area (Å²) in [6.45, 7) is 5.16. The van der Waals surface area contributed by atoms with Crippen molar-refractivity contribution in [2.24, 2.45) is 0 Å². The van der Waals surface area contributed by atoms with E-state index in [-0.39, 0.29) is 18.5 Å². The zero-order valence-corrected chi connectivity index (χ0v) is 13.4. The van der Waals surface area contributed by atoms with Crippen LogP contribution in [0.15, 0.2) is 10.6 Å². The Hall–Kier alpha value is -2.05. The first-order valence-electron chi connectivity index (χ1n) is 7.80. The molecule has 1 aromatic heterocycles. The summed E-state index contributed by atoms with van der Waals surface area (Å²) in [6, 6.07) is 1.08. The third-order valence-corrected chi connectivity index (χ3v) is 4.14. The van der Waals surface area contributed by atoms with Crippen LogP contribution in [0.2, 0.25) is 0 Å². The second-order valence-electron chi connectivity index (χ2n) is 5.66. The number of carbonyl (C=O) groups excluding carboxylic acids is 2. The molecule has 2 heterocycles. The summed E-state index contributed by atoms with van der Waals surface area (Å²) in [5, 5.41) is 9.43. The van der Waals surface area contributed by atoms with Crippen LogP contribution in [0.25, 0.3) is 0 Å². The molecule has 0 aromatic carbocycles. The van der Waals surface area contributed by atoms with Crippen LogP contribution in [0.4, 0.5) is 4.79 Å². The van der Waals surface area contributed by atoms with Crippen LogP contribution in [0, 0.1) is 0 Å². The molecule has 122 valence electrons. The quantitative estimate of drug-likeness (QED) is 0.835. The Bertz CT molecular complexity index is 525. The summed E-state index contributed by atoms with van der Waals surface area (Å²) in [6.07, 6.45) is 2.66. The fraction of sp³-hybridized carbons (Fsp3) is 0.667. The van der Waals surface area contributed by atoms with Gasteiger partial charge in [-0.2, -0.15) is 0 Å². The third kappa shape index (κ3) is 3.78. The Kier molecular flexibility index (Phi) is 5.41. The van der Waals surface area contributed by atoms with E-state index < -0.39 is 6.04 Å². The molecular formula is C15H24N4O3. The third-order valence-electron chi connectivity index (χ3n) is 4.14. The zero-order valence-electron chi connectivity index (χ0n) is 13.4. The minimum absolute atomic E-state index is 0.0502. The lowest BCUT2D eigenvalue weighted by Gasteiger charge is -2.12. The van der Waals surface area contributed by atoms with Crippen LogP contribution < -0.4 is 10.6 Å². The fourth-order valence-corrected chi connectivity index (χ4v) is 2.64.